The van der Waals surface area contributed by atoms with Crippen LogP contribution in [0.2, 0.25) is 0 Å². The second-order valence-corrected chi connectivity index (χ2v) is 6.84. The molecule has 0 heterocycles. The van der Waals surface area contributed by atoms with Crippen LogP contribution in [0.5, 0.6) is 0 Å². The molecule has 4 aromatic rings. The highest BCUT2D eigenvalue weighted by Gasteiger charge is 2.33. The van der Waals surface area contributed by atoms with E-state index in [0.717, 1.165) is 16.7 Å². The molecular weight excluding hydrogens is 358 g/mol. The van der Waals surface area contributed by atoms with E-state index in [0.29, 0.717) is 11.3 Å². The summed E-state index contributed by atoms with van der Waals surface area (Å²) in [4.78, 5) is 12.4. The van der Waals surface area contributed by atoms with E-state index in [1.54, 1.807) is 12.1 Å². The first-order valence-corrected chi connectivity index (χ1v) is 9.48. The van der Waals surface area contributed by atoms with Gasteiger partial charge < -0.3 is 10.4 Å². The molecule has 1 amide bonds. The Hall–Kier alpha value is -3.69. The zero-order valence-corrected chi connectivity index (χ0v) is 15.8. The monoisotopic (exact) mass is 379 g/mol. The molecule has 3 nitrogen and oxygen atoms in total. The molecular formula is C26H21NO2. The van der Waals surface area contributed by atoms with Crippen LogP contribution >= 0.6 is 0 Å². The van der Waals surface area contributed by atoms with Crippen molar-refractivity contribution in [2.24, 2.45) is 0 Å². The van der Waals surface area contributed by atoms with Gasteiger partial charge in [-0.15, -0.1) is 0 Å². The summed E-state index contributed by atoms with van der Waals surface area (Å²) in [7, 11) is 0. The smallest absolute Gasteiger partial charge is 0.255 e. The van der Waals surface area contributed by atoms with Crippen LogP contribution in [0.1, 0.15) is 27.0 Å². The summed E-state index contributed by atoms with van der Waals surface area (Å²) >= 11 is 0. The van der Waals surface area contributed by atoms with Crippen molar-refractivity contribution in [3.63, 3.8) is 0 Å². The lowest BCUT2D eigenvalue weighted by Crippen LogP contribution is -2.28. The fraction of sp³-hybridized carbons (Fsp3) is 0.0385. The quantitative estimate of drug-likeness (QED) is 0.467. The van der Waals surface area contributed by atoms with Crippen LogP contribution in [-0.2, 0) is 5.60 Å². The minimum atomic E-state index is -1.29. The van der Waals surface area contributed by atoms with E-state index in [1.807, 2.05) is 103 Å². The van der Waals surface area contributed by atoms with Gasteiger partial charge in [0.1, 0.15) is 5.60 Å². The van der Waals surface area contributed by atoms with Crippen molar-refractivity contribution in [1.29, 1.82) is 0 Å². The SMILES string of the molecule is O=C(Nc1ccc(C(O)(c2ccccc2)c2ccccc2)cc1)c1ccccc1. The standard InChI is InChI=1S/C26H21NO2/c28-25(20-10-4-1-5-11-20)27-24-18-16-23(17-19-24)26(29,21-12-6-2-7-13-21)22-14-8-3-9-15-22/h1-19,29H,(H,27,28). The fourth-order valence-electron chi connectivity index (χ4n) is 3.45. The molecule has 0 atom stereocenters. The van der Waals surface area contributed by atoms with Gasteiger partial charge in [-0.1, -0.05) is 91.0 Å². The van der Waals surface area contributed by atoms with E-state index >= 15 is 0 Å². The molecule has 4 rings (SSSR count). The van der Waals surface area contributed by atoms with Gasteiger partial charge in [0.05, 0.1) is 0 Å². The van der Waals surface area contributed by atoms with Crippen molar-refractivity contribution in [3.8, 4) is 0 Å². The summed E-state index contributed by atoms with van der Waals surface area (Å²) in [5, 5.41) is 14.7. The van der Waals surface area contributed by atoms with Crippen LogP contribution in [0.25, 0.3) is 0 Å². The number of hydrogen-bond donors (Lipinski definition) is 2. The summed E-state index contributed by atoms with van der Waals surface area (Å²) in [6.45, 7) is 0. The highest BCUT2D eigenvalue weighted by atomic mass is 16.3. The maximum Gasteiger partial charge on any atom is 0.255 e. The molecule has 0 aromatic heterocycles. The molecule has 0 bridgehead atoms. The Balaban J connectivity index is 1.67. The molecule has 0 saturated heterocycles. The number of carbonyl (C=O) groups is 1. The summed E-state index contributed by atoms with van der Waals surface area (Å²) in [6, 6.07) is 35.6. The van der Waals surface area contributed by atoms with E-state index in [-0.39, 0.29) is 5.91 Å². The third-order valence-corrected chi connectivity index (χ3v) is 4.98. The Morgan fingerprint density at radius 2 is 1.00 bits per heavy atom. The van der Waals surface area contributed by atoms with Crippen LogP contribution in [0.15, 0.2) is 115 Å². The minimum absolute atomic E-state index is 0.167. The fourth-order valence-corrected chi connectivity index (χ4v) is 3.45. The van der Waals surface area contributed by atoms with Crippen LogP contribution in [0.4, 0.5) is 5.69 Å². The number of aliphatic hydroxyl groups is 1. The first kappa shape index (κ1) is 18.7. The lowest BCUT2D eigenvalue weighted by atomic mass is 9.80. The highest BCUT2D eigenvalue weighted by molar-refractivity contribution is 6.04. The van der Waals surface area contributed by atoms with Crippen molar-refractivity contribution in [1.82, 2.24) is 0 Å². The number of amides is 1. The molecule has 29 heavy (non-hydrogen) atoms. The molecule has 3 heteroatoms. The van der Waals surface area contributed by atoms with Gasteiger partial charge in [0.25, 0.3) is 5.91 Å². The Labute approximate surface area is 170 Å². The number of hydrogen-bond acceptors (Lipinski definition) is 2. The van der Waals surface area contributed by atoms with Crippen LogP contribution in [0.3, 0.4) is 0 Å². The molecule has 4 aromatic carbocycles. The van der Waals surface area contributed by atoms with Crippen LogP contribution in [-0.4, -0.2) is 11.0 Å². The van der Waals surface area contributed by atoms with Gasteiger partial charge in [-0.3, -0.25) is 4.79 Å². The predicted octanol–water partition coefficient (Wildman–Crippen LogP) is 5.22. The third kappa shape index (κ3) is 3.82. The second kappa shape index (κ2) is 8.13. The molecule has 0 saturated carbocycles. The topological polar surface area (TPSA) is 49.3 Å². The molecule has 0 spiro atoms. The number of anilines is 1. The summed E-state index contributed by atoms with van der Waals surface area (Å²) in [5.41, 5.74) is 2.28. The Kier molecular flexibility index (Phi) is 5.23. The number of rotatable bonds is 5. The van der Waals surface area contributed by atoms with E-state index in [9.17, 15) is 9.90 Å². The maximum atomic E-state index is 12.4. The highest BCUT2D eigenvalue weighted by Crippen LogP contribution is 2.36. The van der Waals surface area contributed by atoms with Crippen LogP contribution < -0.4 is 5.32 Å². The van der Waals surface area contributed by atoms with E-state index in [2.05, 4.69) is 5.32 Å². The van der Waals surface area contributed by atoms with Gasteiger partial charge in [-0.2, -0.15) is 0 Å². The predicted molar refractivity (Wildman–Crippen MR) is 116 cm³/mol. The number of benzene rings is 4. The maximum absolute atomic E-state index is 12.4. The molecule has 2 N–H and O–H groups in total. The first-order valence-electron chi connectivity index (χ1n) is 9.48. The van der Waals surface area contributed by atoms with Crippen molar-refractivity contribution in [3.05, 3.63) is 138 Å². The van der Waals surface area contributed by atoms with E-state index in [4.69, 9.17) is 0 Å². The Bertz CT molecular complexity index is 1040. The lowest BCUT2D eigenvalue weighted by Gasteiger charge is -2.30. The molecule has 0 aliphatic rings. The normalized spacial score (nSPS) is 11.1. The van der Waals surface area contributed by atoms with Crippen molar-refractivity contribution in [2.45, 2.75) is 5.60 Å². The second-order valence-electron chi connectivity index (χ2n) is 6.84. The molecule has 0 aliphatic heterocycles. The van der Waals surface area contributed by atoms with Gasteiger partial charge in [0.2, 0.25) is 0 Å². The summed E-state index contributed by atoms with van der Waals surface area (Å²) in [5.74, 6) is -0.167. The van der Waals surface area contributed by atoms with E-state index < -0.39 is 5.60 Å². The van der Waals surface area contributed by atoms with Gasteiger partial charge in [-0.05, 0) is 41.0 Å². The minimum Gasteiger partial charge on any atom is -0.376 e. The largest absolute Gasteiger partial charge is 0.376 e. The van der Waals surface area contributed by atoms with Gasteiger partial charge in [-0.25, -0.2) is 0 Å². The molecule has 0 aliphatic carbocycles. The number of nitrogens with one attached hydrogen (secondary N) is 1. The summed E-state index contributed by atoms with van der Waals surface area (Å²) in [6.07, 6.45) is 0. The zero-order chi connectivity index (χ0) is 20.1. The third-order valence-electron chi connectivity index (χ3n) is 4.98. The van der Waals surface area contributed by atoms with Crippen LogP contribution in [0, 0.1) is 0 Å². The summed E-state index contributed by atoms with van der Waals surface area (Å²) < 4.78 is 0. The molecule has 142 valence electrons. The molecule has 0 radical (unpaired) electrons. The average molecular weight is 379 g/mol. The lowest BCUT2D eigenvalue weighted by molar-refractivity contribution is 0.102. The Morgan fingerprint density at radius 3 is 1.48 bits per heavy atom. The first-order chi connectivity index (χ1) is 14.2. The van der Waals surface area contributed by atoms with Crippen molar-refractivity contribution < 1.29 is 9.90 Å². The molecule has 0 unspecified atom stereocenters. The average Bonchev–Trinajstić information content (AvgIpc) is 2.81. The van der Waals surface area contributed by atoms with Gasteiger partial charge >= 0.3 is 0 Å². The van der Waals surface area contributed by atoms with Crippen molar-refractivity contribution in [2.75, 3.05) is 5.32 Å². The van der Waals surface area contributed by atoms with Gasteiger partial charge in [0, 0.05) is 11.3 Å². The van der Waals surface area contributed by atoms with Crippen molar-refractivity contribution >= 4 is 11.6 Å². The van der Waals surface area contributed by atoms with E-state index in [1.165, 1.54) is 0 Å². The van der Waals surface area contributed by atoms with Gasteiger partial charge in [0.15, 0.2) is 0 Å². The Morgan fingerprint density at radius 1 is 0.586 bits per heavy atom. The number of carbonyl (C=O) groups excluding carboxylic acids is 1. The molecule has 0 fully saturated rings. The zero-order valence-electron chi connectivity index (χ0n) is 15.8.